The van der Waals surface area contributed by atoms with E-state index in [0.717, 1.165) is 13.1 Å². The lowest BCUT2D eigenvalue weighted by Crippen LogP contribution is -2.28. The Morgan fingerprint density at radius 1 is 1.12 bits per heavy atom. The van der Waals surface area contributed by atoms with Crippen molar-refractivity contribution in [2.45, 2.75) is 19.4 Å². The van der Waals surface area contributed by atoms with Crippen LogP contribution in [0.25, 0.3) is 5.65 Å². The summed E-state index contributed by atoms with van der Waals surface area (Å²) in [6.45, 7) is 2.79. The van der Waals surface area contributed by atoms with E-state index in [9.17, 15) is 4.79 Å². The van der Waals surface area contributed by atoms with Gasteiger partial charge >= 0.3 is 0 Å². The zero-order valence-corrected chi connectivity index (χ0v) is 14.4. The van der Waals surface area contributed by atoms with Crippen molar-refractivity contribution in [1.82, 2.24) is 14.3 Å². The summed E-state index contributed by atoms with van der Waals surface area (Å²) in [5.74, 6) is -0.00646. The fourth-order valence-corrected chi connectivity index (χ4v) is 3.56. The van der Waals surface area contributed by atoms with E-state index in [-0.39, 0.29) is 5.91 Å². The minimum absolute atomic E-state index is 0.00646. The fraction of sp³-hybridized carbons (Fsp3) is 0.300. The highest BCUT2D eigenvalue weighted by Gasteiger charge is 2.20. The molecule has 0 spiro atoms. The number of hydrogen-bond donors (Lipinski definition) is 0. The predicted octanol–water partition coefficient (Wildman–Crippen LogP) is 3.21. The lowest BCUT2D eigenvalue weighted by molar-refractivity contribution is 0.0786. The first-order valence-electron chi connectivity index (χ1n) is 8.74. The molecule has 0 N–H and O–H groups in total. The maximum Gasteiger partial charge on any atom is 0.257 e. The van der Waals surface area contributed by atoms with Crippen molar-refractivity contribution in [3.8, 4) is 0 Å². The van der Waals surface area contributed by atoms with Gasteiger partial charge in [-0.3, -0.25) is 4.79 Å². The highest BCUT2D eigenvalue weighted by molar-refractivity contribution is 5.99. The zero-order valence-electron chi connectivity index (χ0n) is 14.4. The summed E-state index contributed by atoms with van der Waals surface area (Å²) in [4.78, 5) is 21.5. The van der Waals surface area contributed by atoms with Gasteiger partial charge in [-0.2, -0.15) is 0 Å². The lowest BCUT2D eigenvalue weighted by Gasteiger charge is -2.24. The summed E-state index contributed by atoms with van der Waals surface area (Å²) in [7, 11) is 1.86. The summed E-state index contributed by atoms with van der Waals surface area (Å²) in [6, 6.07) is 12.1. The van der Waals surface area contributed by atoms with Gasteiger partial charge in [-0.25, -0.2) is 4.98 Å². The van der Waals surface area contributed by atoms with Gasteiger partial charge in [0.15, 0.2) is 0 Å². The van der Waals surface area contributed by atoms with Gasteiger partial charge in [-0.05, 0) is 36.6 Å². The summed E-state index contributed by atoms with van der Waals surface area (Å²) >= 11 is 0. The van der Waals surface area contributed by atoms with Gasteiger partial charge in [-0.1, -0.05) is 18.2 Å². The number of nitrogens with zero attached hydrogens (tertiary/aromatic N) is 4. The molecule has 1 saturated heterocycles. The quantitative estimate of drug-likeness (QED) is 0.736. The van der Waals surface area contributed by atoms with Crippen molar-refractivity contribution in [1.29, 1.82) is 0 Å². The van der Waals surface area contributed by atoms with Gasteiger partial charge < -0.3 is 14.2 Å². The van der Waals surface area contributed by atoms with Crippen LogP contribution in [0.3, 0.4) is 0 Å². The third kappa shape index (κ3) is 2.97. The highest BCUT2D eigenvalue weighted by atomic mass is 16.2. The number of carbonyl (C=O) groups excluding carboxylic acids is 1. The van der Waals surface area contributed by atoms with Crippen LogP contribution in [0.5, 0.6) is 0 Å². The van der Waals surface area contributed by atoms with Crippen molar-refractivity contribution in [3.05, 3.63) is 66.1 Å². The summed E-state index contributed by atoms with van der Waals surface area (Å²) < 4.78 is 1.87. The molecule has 128 valence electrons. The average molecular weight is 334 g/mol. The Balaban J connectivity index is 1.59. The molecule has 1 fully saturated rings. The molecule has 0 radical (unpaired) electrons. The van der Waals surface area contributed by atoms with E-state index in [4.69, 9.17) is 0 Å². The van der Waals surface area contributed by atoms with Crippen molar-refractivity contribution in [2.75, 3.05) is 25.0 Å². The molecule has 5 heteroatoms. The van der Waals surface area contributed by atoms with Gasteiger partial charge in [0.25, 0.3) is 5.91 Å². The van der Waals surface area contributed by atoms with Crippen LogP contribution in [0.15, 0.2) is 55.0 Å². The number of carbonyl (C=O) groups is 1. The molecule has 1 aliphatic rings. The molecule has 5 nitrogen and oxygen atoms in total. The molecule has 1 aromatic carbocycles. The number of pyridine rings is 1. The molecule has 3 heterocycles. The summed E-state index contributed by atoms with van der Waals surface area (Å²) in [6.07, 6.45) is 7.96. The molecule has 4 rings (SSSR count). The SMILES string of the molecule is CN(Cc1ccccc1N1CCCC1)C(=O)c1cccn2ccnc12. The maximum atomic E-state index is 13.0. The number of imidazole rings is 1. The van der Waals surface area contributed by atoms with Gasteiger partial charge in [0, 0.05) is 51.0 Å². The molecule has 25 heavy (non-hydrogen) atoms. The number of benzene rings is 1. The minimum Gasteiger partial charge on any atom is -0.371 e. The molecule has 3 aromatic rings. The number of rotatable bonds is 4. The van der Waals surface area contributed by atoms with Crippen LogP contribution in [0.2, 0.25) is 0 Å². The topological polar surface area (TPSA) is 40.9 Å². The second-order valence-electron chi connectivity index (χ2n) is 6.56. The number of aromatic nitrogens is 2. The summed E-state index contributed by atoms with van der Waals surface area (Å²) in [5.41, 5.74) is 3.77. The number of hydrogen-bond acceptors (Lipinski definition) is 3. The monoisotopic (exact) mass is 334 g/mol. The molecule has 0 bridgehead atoms. The normalized spacial score (nSPS) is 14.2. The Morgan fingerprint density at radius 3 is 2.76 bits per heavy atom. The molecule has 0 saturated carbocycles. The zero-order chi connectivity index (χ0) is 17.2. The van der Waals surface area contributed by atoms with Gasteiger partial charge in [-0.15, -0.1) is 0 Å². The molecule has 0 aliphatic carbocycles. The first-order valence-corrected chi connectivity index (χ1v) is 8.74. The van der Waals surface area contributed by atoms with E-state index in [0.29, 0.717) is 17.8 Å². The summed E-state index contributed by atoms with van der Waals surface area (Å²) in [5, 5.41) is 0. The maximum absolute atomic E-state index is 13.0. The number of anilines is 1. The molecule has 2 aromatic heterocycles. The Morgan fingerprint density at radius 2 is 1.92 bits per heavy atom. The van der Waals surface area contributed by atoms with E-state index in [1.54, 1.807) is 11.1 Å². The third-order valence-electron chi connectivity index (χ3n) is 4.84. The van der Waals surface area contributed by atoms with E-state index < -0.39 is 0 Å². The van der Waals surface area contributed by atoms with Crippen LogP contribution in [0, 0.1) is 0 Å². The highest BCUT2D eigenvalue weighted by Crippen LogP contribution is 2.26. The predicted molar refractivity (Wildman–Crippen MR) is 98.9 cm³/mol. The minimum atomic E-state index is -0.00646. The van der Waals surface area contributed by atoms with Crippen molar-refractivity contribution >= 4 is 17.2 Å². The van der Waals surface area contributed by atoms with E-state index in [2.05, 4.69) is 28.1 Å². The van der Waals surface area contributed by atoms with Crippen LogP contribution in [-0.4, -0.2) is 40.3 Å². The van der Waals surface area contributed by atoms with Gasteiger partial charge in [0.2, 0.25) is 0 Å². The number of fused-ring (bicyclic) bond motifs is 1. The first kappa shape index (κ1) is 15.7. The molecule has 1 amide bonds. The van der Waals surface area contributed by atoms with E-state index in [1.165, 1.54) is 24.1 Å². The molecule has 0 atom stereocenters. The van der Waals surface area contributed by atoms with E-state index >= 15 is 0 Å². The van der Waals surface area contributed by atoms with Crippen molar-refractivity contribution < 1.29 is 4.79 Å². The Kier molecular flexibility index (Phi) is 4.14. The van der Waals surface area contributed by atoms with Crippen LogP contribution in [0.1, 0.15) is 28.8 Å². The van der Waals surface area contributed by atoms with E-state index in [1.807, 2.05) is 42.0 Å². The van der Waals surface area contributed by atoms with Crippen LogP contribution in [-0.2, 0) is 6.54 Å². The Bertz CT molecular complexity index is 895. The first-order chi connectivity index (χ1) is 12.2. The number of amides is 1. The number of para-hydroxylation sites is 1. The van der Waals surface area contributed by atoms with Crippen molar-refractivity contribution in [3.63, 3.8) is 0 Å². The standard InChI is InChI=1S/C20H22N4O/c1-22(20(25)17-8-6-13-24-14-10-21-19(17)24)15-16-7-2-3-9-18(16)23-11-4-5-12-23/h2-3,6-10,13-14H,4-5,11-12,15H2,1H3. The molecule has 0 unspecified atom stereocenters. The van der Waals surface area contributed by atoms with Crippen molar-refractivity contribution in [2.24, 2.45) is 0 Å². The average Bonchev–Trinajstić information content (AvgIpc) is 3.32. The fourth-order valence-electron chi connectivity index (χ4n) is 3.56. The van der Waals surface area contributed by atoms with Crippen LogP contribution < -0.4 is 4.90 Å². The Labute approximate surface area is 147 Å². The van der Waals surface area contributed by atoms with Crippen LogP contribution >= 0.6 is 0 Å². The molecular weight excluding hydrogens is 312 g/mol. The van der Waals surface area contributed by atoms with Gasteiger partial charge in [0.05, 0.1) is 5.56 Å². The smallest absolute Gasteiger partial charge is 0.257 e. The molecular formula is C20H22N4O. The van der Waals surface area contributed by atoms with Gasteiger partial charge in [0.1, 0.15) is 5.65 Å². The molecule has 1 aliphatic heterocycles. The van der Waals surface area contributed by atoms with Crippen LogP contribution in [0.4, 0.5) is 5.69 Å². The lowest BCUT2D eigenvalue weighted by atomic mass is 10.1. The second kappa shape index (κ2) is 6.59. The second-order valence-corrected chi connectivity index (χ2v) is 6.56. The largest absolute Gasteiger partial charge is 0.371 e. The Hall–Kier alpha value is -2.82. The third-order valence-corrected chi connectivity index (χ3v) is 4.84.